The molecular formula is C27H24F3N5O2. The van der Waals surface area contributed by atoms with E-state index in [0.29, 0.717) is 25.1 Å². The molecule has 1 aliphatic heterocycles. The molecule has 190 valence electrons. The highest BCUT2D eigenvalue weighted by atomic mass is 19.4. The maximum absolute atomic E-state index is 13.5. The fourth-order valence-electron chi connectivity index (χ4n) is 4.84. The van der Waals surface area contributed by atoms with Crippen molar-refractivity contribution in [3.05, 3.63) is 95.6 Å². The lowest BCUT2D eigenvalue weighted by molar-refractivity contribution is -0.138. The van der Waals surface area contributed by atoms with E-state index in [9.17, 15) is 22.8 Å². The molecule has 0 aliphatic carbocycles. The molecule has 2 amide bonds. The fraction of sp³-hybridized carbons (Fsp3) is 0.259. The molecule has 2 atom stereocenters. The van der Waals surface area contributed by atoms with Gasteiger partial charge in [-0.25, -0.2) is 4.98 Å². The van der Waals surface area contributed by atoms with Crippen molar-refractivity contribution in [1.29, 1.82) is 0 Å². The van der Waals surface area contributed by atoms with Gasteiger partial charge in [0.05, 0.1) is 22.9 Å². The number of fused-ring (bicyclic) bond motifs is 1. The highest BCUT2D eigenvalue weighted by molar-refractivity contribution is 5.97. The largest absolute Gasteiger partial charge is 0.418 e. The Hall–Kier alpha value is -4.21. The number of likely N-dealkylation sites (tertiary alicyclic amines) is 1. The van der Waals surface area contributed by atoms with Crippen molar-refractivity contribution in [3.8, 4) is 0 Å². The van der Waals surface area contributed by atoms with Gasteiger partial charge in [0, 0.05) is 43.9 Å². The number of imidazole rings is 1. The molecular weight excluding hydrogens is 483 g/mol. The van der Waals surface area contributed by atoms with Crippen molar-refractivity contribution in [2.24, 2.45) is 7.05 Å². The van der Waals surface area contributed by atoms with Crippen LogP contribution in [-0.4, -0.2) is 50.4 Å². The number of piperidine rings is 1. The lowest BCUT2D eigenvalue weighted by Crippen LogP contribution is -2.51. The third-order valence-corrected chi connectivity index (χ3v) is 6.74. The number of rotatable bonds is 4. The third-order valence-electron chi connectivity index (χ3n) is 6.74. The number of aromatic nitrogens is 3. The Morgan fingerprint density at radius 1 is 1.03 bits per heavy atom. The van der Waals surface area contributed by atoms with Crippen molar-refractivity contribution in [3.63, 3.8) is 0 Å². The van der Waals surface area contributed by atoms with E-state index in [1.165, 1.54) is 6.20 Å². The number of hydrogen-bond donors (Lipinski definition) is 1. The van der Waals surface area contributed by atoms with Crippen molar-refractivity contribution in [2.45, 2.75) is 24.6 Å². The second-order valence-corrected chi connectivity index (χ2v) is 9.09. The maximum atomic E-state index is 13.5. The van der Waals surface area contributed by atoms with Gasteiger partial charge in [-0.1, -0.05) is 30.3 Å². The Morgan fingerprint density at radius 3 is 2.57 bits per heavy atom. The summed E-state index contributed by atoms with van der Waals surface area (Å²) in [6.07, 6.45) is -1.48. The van der Waals surface area contributed by atoms with Crippen LogP contribution in [0.5, 0.6) is 0 Å². The molecule has 0 saturated carbocycles. The lowest BCUT2D eigenvalue weighted by Gasteiger charge is -2.39. The van der Waals surface area contributed by atoms with E-state index in [4.69, 9.17) is 0 Å². The average molecular weight is 508 g/mol. The van der Waals surface area contributed by atoms with Gasteiger partial charge >= 0.3 is 6.18 Å². The van der Waals surface area contributed by atoms with Gasteiger partial charge in [-0.2, -0.15) is 13.2 Å². The first-order valence-electron chi connectivity index (χ1n) is 11.8. The lowest BCUT2D eigenvalue weighted by atomic mass is 9.85. The smallest absolute Gasteiger partial charge is 0.347 e. The highest BCUT2D eigenvalue weighted by Crippen LogP contribution is 2.32. The molecule has 1 N–H and O–H groups in total. The van der Waals surface area contributed by atoms with Gasteiger partial charge in [-0.15, -0.1) is 0 Å². The molecule has 7 nitrogen and oxygen atoms in total. The normalized spacial score (nSPS) is 18.1. The van der Waals surface area contributed by atoms with Crippen LogP contribution in [-0.2, 0) is 13.2 Å². The molecule has 1 fully saturated rings. The van der Waals surface area contributed by atoms with Crippen LogP contribution < -0.4 is 5.32 Å². The summed E-state index contributed by atoms with van der Waals surface area (Å²) in [6.45, 7) is 0.635. The van der Waals surface area contributed by atoms with Crippen LogP contribution in [0.2, 0.25) is 0 Å². The molecule has 0 spiro atoms. The van der Waals surface area contributed by atoms with E-state index in [1.54, 1.807) is 29.4 Å². The van der Waals surface area contributed by atoms with E-state index in [2.05, 4.69) is 15.3 Å². The number of alkyl halides is 3. The monoisotopic (exact) mass is 507 g/mol. The number of carbonyl (C=O) groups excluding carboxylic acids is 2. The summed E-state index contributed by atoms with van der Waals surface area (Å²) in [5.41, 5.74) is 1.28. The van der Waals surface area contributed by atoms with Gasteiger partial charge in [0.15, 0.2) is 0 Å². The minimum atomic E-state index is -4.70. The highest BCUT2D eigenvalue weighted by Gasteiger charge is 2.38. The van der Waals surface area contributed by atoms with E-state index in [-0.39, 0.29) is 11.8 Å². The van der Waals surface area contributed by atoms with Crippen LogP contribution in [0.4, 0.5) is 13.2 Å². The molecule has 10 heteroatoms. The third kappa shape index (κ3) is 4.91. The second-order valence-electron chi connectivity index (χ2n) is 9.09. The minimum Gasteiger partial charge on any atom is -0.347 e. The number of nitrogens with one attached hydrogen (secondary N) is 1. The Morgan fingerprint density at radius 2 is 1.81 bits per heavy atom. The van der Waals surface area contributed by atoms with Gasteiger partial charge in [-0.05, 0) is 42.3 Å². The first-order valence-corrected chi connectivity index (χ1v) is 11.8. The summed E-state index contributed by atoms with van der Waals surface area (Å²) in [4.78, 5) is 36.1. The molecule has 0 unspecified atom stereocenters. The number of aryl methyl sites for hydroxylation is 1. The quantitative estimate of drug-likeness (QED) is 0.444. The number of amides is 2. The van der Waals surface area contributed by atoms with Crippen molar-refractivity contribution < 1.29 is 22.8 Å². The predicted molar refractivity (Wildman–Crippen MR) is 131 cm³/mol. The Balaban J connectivity index is 1.40. The minimum absolute atomic E-state index is 0.155. The molecule has 1 aliphatic rings. The van der Waals surface area contributed by atoms with Crippen LogP contribution in [0.3, 0.4) is 0 Å². The zero-order valence-electron chi connectivity index (χ0n) is 19.9. The standard InChI is InChI=1S/C27H24F3N5O2/c1-34-16-32-22-10-9-18(14-23(22)34)26(37)35-13-11-21(19(15-35)17-6-3-2-4-7-17)33-25(36)24-20(27(28,29)30)8-5-12-31-24/h2-10,12,14,16,19,21H,11,13,15H2,1H3,(H,33,36)/t19-,21-/m1/s1. The summed E-state index contributed by atoms with van der Waals surface area (Å²) in [5.74, 6) is -1.36. The van der Waals surface area contributed by atoms with E-state index >= 15 is 0 Å². The summed E-state index contributed by atoms with van der Waals surface area (Å²) < 4.78 is 42.2. The number of halogens is 3. The Labute approximate surface area is 210 Å². The zero-order chi connectivity index (χ0) is 26.2. The molecule has 3 heterocycles. The van der Waals surface area contributed by atoms with Gasteiger partial charge in [0.1, 0.15) is 5.69 Å². The first kappa shape index (κ1) is 24.5. The van der Waals surface area contributed by atoms with Crippen LogP contribution >= 0.6 is 0 Å². The number of hydrogen-bond acceptors (Lipinski definition) is 4. The Bertz CT molecular complexity index is 1450. The van der Waals surface area contributed by atoms with Gasteiger partial charge < -0.3 is 14.8 Å². The van der Waals surface area contributed by atoms with Crippen LogP contribution in [0, 0.1) is 0 Å². The number of nitrogens with zero attached hydrogens (tertiary/aromatic N) is 4. The van der Waals surface area contributed by atoms with Gasteiger partial charge in [0.25, 0.3) is 11.8 Å². The van der Waals surface area contributed by atoms with Gasteiger partial charge in [-0.3, -0.25) is 14.6 Å². The second kappa shape index (κ2) is 9.68. The zero-order valence-corrected chi connectivity index (χ0v) is 19.9. The first-order chi connectivity index (χ1) is 17.7. The predicted octanol–water partition coefficient (Wildman–Crippen LogP) is 4.42. The Kier molecular flexibility index (Phi) is 6.41. The molecule has 1 saturated heterocycles. The molecule has 37 heavy (non-hydrogen) atoms. The maximum Gasteiger partial charge on any atom is 0.418 e. The molecule has 5 rings (SSSR count). The molecule has 2 aromatic heterocycles. The molecule has 0 bridgehead atoms. The SMILES string of the molecule is Cn1cnc2ccc(C(=O)N3CC[C@@H](NC(=O)c4ncccc4C(F)(F)F)[C@@H](c4ccccc4)C3)cc21. The number of benzene rings is 2. The average Bonchev–Trinajstić information content (AvgIpc) is 3.28. The van der Waals surface area contributed by atoms with Crippen LogP contribution in [0.15, 0.2) is 73.2 Å². The summed E-state index contributed by atoms with van der Waals surface area (Å²) >= 11 is 0. The van der Waals surface area contributed by atoms with Crippen molar-refractivity contribution in [2.75, 3.05) is 13.1 Å². The van der Waals surface area contributed by atoms with E-state index < -0.39 is 29.4 Å². The topological polar surface area (TPSA) is 80.1 Å². The molecule has 0 radical (unpaired) electrons. The number of carbonyl (C=O) groups is 2. The van der Waals surface area contributed by atoms with Crippen molar-refractivity contribution >= 4 is 22.8 Å². The number of pyridine rings is 1. The van der Waals surface area contributed by atoms with E-state index in [0.717, 1.165) is 28.7 Å². The summed E-state index contributed by atoms with van der Waals surface area (Å²) in [5, 5.41) is 2.77. The van der Waals surface area contributed by atoms with Gasteiger partial charge in [0.2, 0.25) is 0 Å². The molecule has 2 aromatic carbocycles. The van der Waals surface area contributed by atoms with Crippen molar-refractivity contribution in [1.82, 2.24) is 24.8 Å². The summed E-state index contributed by atoms with van der Waals surface area (Å²) in [7, 11) is 1.86. The van der Waals surface area contributed by atoms with E-state index in [1.807, 2.05) is 41.9 Å². The van der Waals surface area contributed by atoms with Crippen LogP contribution in [0.25, 0.3) is 11.0 Å². The molecule has 4 aromatic rings. The summed E-state index contributed by atoms with van der Waals surface area (Å²) in [6, 6.07) is 16.2. The fourth-order valence-corrected chi connectivity index (χ4v) is 4.84. The van der Waals surface area contributed by atoms with Crippen LogP contribution in [0.1, 0.15) is 44.3 Å².